The van der Waals surface area contributed by atoms with E-state index in [0.717, 1.165) is 19.3 Å². The molecule has 1 amide bonds. The third kappa shape index (κ3) is 3.49. The predicted molar refractivity (Wildman–Crippen MR) is 62.4 cm³/mol. The number of nitrogens with one attached hydrogen (secondary N) is 1. The molecular weight excluding hydrogens is 188 g/mol. The molecule has 0 radical (unpaired) electrons. The van der Waals surface area contributed by atoms with Gasteiger partial charge >= 0.3 is 0 Å². The zero-order chi connectivity index (χ0) is 11.5. The van der Waals surface area contributed by atoms with E-state index in [9.17, 15) is 4.79 Å². The van der Waals surface area contributed by atoms with Crippen molar-refractivity contribution in [1.82, 2.24) is 5.32 Å². The normalized spacial score (nSPS) is 28.3. The molecule has 0 spiro atoms. The summed E-state index contributed by atoms with van der Waals surface area (Å²) in [5.41, 5.74) is 5.27. The van der Waals surface area contributed by atoms with Gasteiger partial charge in [0, 0.05) is 6.04 Å². The molecule has 0 saturated heterocycles. The lowest BCUT2D eigenvalue weighted by Gasteiger charge is -2.22. The molecule has 3 N–H and O–H groups in total. The molecule has 15 heavy (non-hydrogen) atoms. The van der Waals surface area contributed by atoms with Gasteiger partial charge in [0.1, 0.15) is 0 Å². The van der Waals surface area contributed by atoms with Crippen molar-refractivity contribution in [2.45, 2.75) is 64.5 Å². The Balaban J connectivity index is 2.31. The molecule has 0 aliphatic heterocycles. The van der Waals surface area contributed by atoms with E-state index >= 15 is 0 Å². The van der Waals surface area contributed by atoms with E-state index in [1.54, 1.807) is 0 Å². The fourth-order valence-electron chi connectivity index (χ4n) is 2.08. The van der Waals surface area contributed by atoms with Gasteiger partial charge in [0.15, 0.2) is 0 Å². The van der Waals surface area contributed by atoms with Crippen LogP contribution in [0.5, 0.6) is 0 Å². The third-order valence-corrected chi connectivity index (χ3v) is 3.19. The second-order valence-electron chi connectivity index (χ2n) is 5.03. The van der Waals surface area contributed by atoms with Gasteiger partial charge in [0.05, 0.1) is 5.54 Å². The van der Waals surface area contributed by atoms with E-state index in [0.29, 0.717) is 12.0 Å². The molecule has 3 unspecified atom stereocenters. The summed E-state index contributed by atoms with van der Waals surface area (Å²) in [6, 6.07) is 0.400. The van der Waals surface area contributed by atoms with E-state index in [4.69, 9.17) is 5.73 Å². The molecule has 1 rings (SSSR count). The fourth-order valence-corrected chi connectivity index (χ4v) is 2.08. The third-order valence-electron chi connectivity index (χ3n) is 3.19. The molecule has 0 aromatic carbocycles. The fraction of sp³-hybridized carbons (Fsp3) is 0.917. The molecule has 0 aromatic heterocycles. The summed E-state index contributed by atoms with van der Waals surface area (Å²) in [6.07, 6.45) is 5.27. The zero-order valence-corrected chi connectivity index (χ0v) is 10.2. The highest BCUT2D eigenvalue weighted by atomic mass is 16.2. The van der Waals surface area contributed by atoms with Gasteiger partial charge in [-0.2, -0.15) is 0 Å². The summed E-state index contributed by atoms with van der Waals surface area (Å²) in [7, 11) is 0. The van der Waals surface area contributed by atoms with Crippen LogP contribution in [-0.2, 0) is 4.79 Å². The predicted octanol–water partition coefficient (Wildman–Crippen LogP) is 1.81. The van der Waals surface area contributed by atoms with Crippen molar-refractivity contribution in [2.75, 3.05) is 0 Å². The SMILES string of the molecule is CCCC1CC1NC(=O)C(C)(N)CCC. The molecule has 1 aliphatic carbocycles. The number of rotatable bonds is 6. The van der Waals surface area contributed by atoms with Crippen LogP contribution >= 0.6 is 0 Å². The minimum absolute atomic E-state index is 0.0213. The van der Waals surface area contributed by atoms with Crippen LogP contribution in [-0.4, -0.2) is 17.5 Å². The van der Waals surface area contributed by atoms with Gasteiger partial charge in [-0.15, -0.1) is 0 Å². The Morgan fingerprint density at radius 3 is 2.67 bits per heavy atom. The van der Waals surface area contributed by atoms with Crippen LogP contribution in [0.4, 0.5) is 0 Å². The lowest BCUT2D eigenvalue weighted by Crippen LogP contribution is -2.52. The Labute approximate surface area is 92.8 Å². The van der Waals surface area contributed by atoms with Gasteiger partial charge in [-0.1, -0.05) is 26.7 Å². The van der Waals surface area contributed by atoms with Crippen molar-refractivity contribution in [3.63, 3.8) is 0 Å². The summed E-state index contributed by atoms with van der Waals surface area (Å²) in [5, 5.41) is 3.05. The number of nitrogens with two attached hydrogens (primary N) is 1. The van der Waals surface area contributed by atoms with Crippen molar-refractivity contribution in [3.05, 3.63) is 0 Å². The minimum atomic E-state index is -0.686. The lowest BCUT2D eigenvalue weighted by molar-refractivity contribution is -0.126. The first-order valence-corrected chi connectivity index (χ1v) is 6.11. The van der Waals surface area contributed by atoms with Crippen LogP contribution < -0.4 is 11.1 Å². The van der Waals surface area contributed by atoms with Gasteiger partial charge in [-0.3, -0.25) is 4.79 Å². The van der Waals surface area contributed by atoms with E-state index in [-0.39, 0.29) is 5.91 Å². The van der Waals surface area contributed by atoms with E-state index < -0.39 is 5.54 Å². The van der Waals surface area contributed by atoms with Gasteiger partial charge in [-0.05, 0) is 32.1 Å². The largest absolute Gasteiger partial charge is 0.351 e. The molecule has 1 saturated carbocycles. The van der Waals surface area contributed by atoms with Crippen LogP contribution in [0.1, 0.15) is 52.9 Å². The number of amides is 1. The highest BCUT2D eigenvalue weighted by Gasteiger charge is 2.40. The maximum Gasteiger partial charge on any atom is 0.240 e. The second-order valence-corrected chi connectivity index (χ2v) is 5.03. The first kappa shape index (κ1) is 12.5. The van der Waals surface area contributed by atoms with Crippen molar-refractivity contribution in [3.8, 4) is 0 Å². The van der Waals surface area contributed by atoms with Crippen molar-refractivity contribution in [1.29, 1.82) is 0 Å². The lowest BCUT2D eigenvalue weighted by atomic mass is 9.96. The monoisotopic (exact) mass is 212 g/mol. The van der Waals surface area contributed by atoms with Gasteiger partial charge in [0.2, 0.25) is 5.91 Å². The smallest absolute Gasteiger partial charge is 0.240 e. The molecular formula is C12H24N2O. The van der Waals surface area contributed by atoms with E-state index in [1.165, 1.54) is 12.8 Å². The summed E-state index contributed by atoms with van der Waals surface area (Å²) >= 11 is 0. The van der Waals surface area contributed by atoms with Crippen LogP contribution in [0.15, 0.2) is 0 Å². The van der Waals surface area contributed by atoms with Crippen LogP contribution in [0.3, 0.4) is 0 Å². The maximum absolute atomic E-state index is 11.8. The zero-order valence-electron chi connectivity index (χ0n) is 10.2. The van der Waals surface area contributed by atoms with E-state index in [1.807, 2.05) is 6.92 Å². The van der Waals surface area contributed by atoms with Crippen molar-refractivity contribution in [2.24, 2.45) is 11.7 Å². The Morgan fingerprint density at radius 1 is 1.47 bits per heavy atom. The highest BCUT2D eigenvalue weighted by Crippen LogP contribution is 2.34. The average molecular weight is 212 g/mol. The average Bonchev–Trinajstić information content (AvgIpc) is 2.84. The van der Waals surface area contributed by atoms with Crippen LogP contribution in [0.2, 0.25) is 0 Å². The molecule has 3 atom stereocenters. The standard InChI is InChI=1S/C12H24N2O/c1-4-6-9-8-10(9)14-11(15)12(3,13)7-5-2/h9-10H,4-8,13H2,1-3H3,(H,14,15). The minimum Gasteiger partial charge on any atom is -0.351 e. The van der Waals surface area contributed by atoms with Gasteiger partial charge < -0.3 is 11.1 Å². The molecule has 3 heteroatoms. The molecule has 88 valence electrons. The Bertz CT molecular complexity index is 226. The Hall–Kier alpha value is -0.570. The van der Waals surface area contributed by atoms with Crippen LogP contribution in [0.25, 0.3) is 0 Å². The first-order valence-electron chi connectivity index (χ1n) is 6.11. The first-order chi connectivity index (χ1) is 7.01. The molecule has 0 aromatic rings. The maximum atomic E-state index is 11.8. The molecule has 1 fully saturated rings. The number of hydrogen-bond donors (Lipinski definition) is 2. The topological polar surface area (TPSA) is 55.1 Å². The highest BCUT2D eigenvalue weighted by molar-refractivity contribution is 5.86. The Morgan fingerprint density at radius 2 is 2.13 bits per heavy atom. The van der Waals surface area contributed by atoms with Crippen LogP contribution in [0, 0.1) is 5.92 Å². The van der Waals surface area contributed by atoms with Crippen molar-refractivity contribution < 1.29 is 4.79 Å². The van der Waals surface area contributed by atoms with Crippen molar-refractivity contribution >= 4 is 5.91 Å². The molecule has 0 bridgehead atoms. The summed E-state index contributed by atoms with van der Waals surface area (Å²) in [6.45, 7) is 6.06. The quantitative estimate of drug-likeness (QED) is 0.705. The van der Waals surface area contributed by atoms with Gasteiger partial charge in [0.25, 0.3) is 0 Å². The van der Waals surface area contributed by atoms with E-state index in [2.05, 4.69) is 19.2 Å². The summed E-state index contributed by atoms with van der Waals surface area (Å²) in [5.74, 6) is 0.726. The number of carbonyl (C=O) groups is 1. The molecule has 1 aliphatic rings. The number of carbonyl (C=O) groups excluding carboxylic acids is 1. The molecule has 3 nitrogen and oxygen atoms in total. The van der Waals surface area contributed by atoms with Gasteiger partial charge in [-0.25, -0.2) is 0 Å². The number of hydrogen-bond acceptors (Lipinski definition) is 2. The second kappa shape index (κ2) is 4.97. The Kier molecular flexibility index (Phi) is 4.14. The summed E-state index contributed by atoms with van der Waals surface area (Å²) in [4.78, 5) is 11.8. The summed E-state index contributed by atoms with van der Waals surface area (Å²) < 4.78 is 0. The molecule has 0 heterocycles.